The Morgan fingerprint density at radius 3 is 2.81 bits per heavy atom. The van der Waals surface area contributed by atoms with E-state index in [0.717, 1.165) is 68.5 Å². The van der Waals surface area contributed by atoms with Gasteiger partial charge >= 0.3 is 0 Å². The fourth-order valence-electron chi connectivity index (χ4n) is 3.63. The Morgan fingerprint density at radius 2 is 2.11 bits per heavy atom. The molecule has 0 unspecified atom stereocenters. The highest BCUT2D eigenvalue weighted by Gasteiger charge is 2.24. The lowest BCUT2D eigenvalue weighted by atomic mass is 10.1. The van der Waals surface area contributed by atoms with Gasteiger partial charge in [-0.15, -0.1) is 0 Å². The van der Waals surface area contributed by atoms with Gasteiger partial charge in [-0.1, -0.05) is 12.1 Å². The lowest BCUT2D eigenvalue weighted by molar-refractivity contribution is -0.895. The van der Waals surface area contributed by atoms with Crippen LogP contribution >= 0.6 is 12.2 Å². The molecule has 0 bridgehead atoms. The molecule has 7 heteroatoms. The maximum Gasteiger partial charge on any atom is 0.279 e. The summed E-state index contributed by atoms with van der Waals surface area (Å²) in [6, 6.07) is 6.00. The number of thiocarbonyl (C=S) groups is 1. The van der Waals surface area contributed by atoms with Gasteiger partial charge in [-0.05, 0) is 56.1 Å². The zero-order valence-electron chi connectivity index (χ0n) is 16.3. The lowest BCUT2D eigenvalue weighted by Crippen LogP contribution is -3.15. The quantitative estimate of drug-likeness (QED) is 0.638. The van der Waals surface area contributed by atoms with Crippen molar-refractivity contribution in [2.24, 2.45) is 0 Å². The number of hydrogen-bond acceptors (Lipinski definition) is 3. The summed E-state index contributed by atoms with van der Waals surface area (Å²) in [4.78, 5) is 15.9. The van der Waals surface area contributed by atoms with E-state index in [2.05, 4.69) is 28.5 Å². The monoisotopic (exact) mass is 391 g/mol. The van der Waals surface area contributed by atoms with Gasteiger partial charge < -0.3 is 25.2 Å². The van der Waals surface area contributed by atoms with Gasteiger partial charge in [0, 0.05) is 18.8 Å². The third-order valence-corrected chi connectivity index (χ3v) is 5.95. The van der Waals surface area contributed by atoms with Gasteiger partial charge in [0.25, 0.3) is 5.91 Å². The lowest BCUT2D eigenvalue weighted by Gasteiger charge is -2.33. The van der Waals surface area contributed by atoms with Gasteiger partial charge in [-0.3, -0.25) is 4.79 Å². The predicted octanol–water partition coefficient (Wildman–Crippen LogP) is 0.496. The maximum absolute atomic E-state index is 12.4. The fourth-order valence-corrected chi connectivity index (χ4v) is 3.89. The van der Waals surface area contributed by atoms with E-state index >= 15 is 0 Å². The number of carbonyl (C=O) groups is 1. The van der Waals surface area contributed by atoms with Gasteiger partial charge in [0.1, 0.15) is 0 Å². The van der Waals surface area contributed by atoms with Gasteiger partial charge in [-0.2, -0.15) is 0 Å². The second-order valence-corrected chi connectivity index (χ2v) is 7.92. The van der Waals surface area contributed by atoms with Crippen molar-refractivity contribution in [2.45, 2.75) is 32.8 Å². The first-order chi connectivity index (χ1) is 13.0. The highest BCUT2D eigenvalue weighted by atomic mass is 32.1. The Kier molecular flexibility index (Phi) is 7.04. The molecule has 2 fully saturated rings. The van der Waals surface area contributed by atoms with Crippen LogP contribution in [-0.4, -0.2) is 67.9 Å². The number of anilines is 1. The Morgan fingerprint density at radius 1 is 1.33 bits per heavy atom. The highest BCUT2D eigenvalue weighted by Crippen LogP contribution is 2.17. The number of hydrogen-bond donors (Lipinski definition) is 3. The molecule has 0 saturated carbocycles. The zero-order chi connectivity index (χ0) is 19.2. The van der Waals surface area contributed by atoms with Crippen LogP contribution in [0.25, 0.3) is 0 Å². The molecular weight excluding hydrogens is 360 g/mol. The van der Waals surface area contributed by atoms with Crippen LogP contribution in [0.5, 0.6) is 0 Å². The van der Waals surface area contributed by atoms with Crippen LogP contribution in [0, 0.1) is 13.8 Å². The van der Waals surface area contributed by atoms with Crippen molar-refractivity contribution in [3.63, 3.8) is 0 Å². The summed E-state index contributed by atoms with van der Waals surface area (Å²) in [6.07, 6.45) is 2.55. The van der Waals surface area contributed by atoms with E-state index in [1.165, 1.54) is 10.5 Å². The van der Waals surface area contributed by atoms with Gasteiger partial charge in [-0.25, -0.2) is 0 Å². The summed E-state index contributed by atoms with van der Waals surface area (Å²) >= 11 is 5.52. The van der Waals surface area contributed by atoms with Crippen molar-refractivity contribution >= 4 is 28.9 Å². The Bertz CT molecular complexity index is 668. The van der Waals surface area contributed by atoms with Crippen molar-refractivity contribution in [3.8, 4) is 0 Å². The number of carbonyl (C=O) groups excluding carboxylic acids is 1. The molecule has 1 amide bonds. The number of nitrogens with one attached hydrogen (secondary N) is 3. The summed E-state index contributed by atoms with van der Waals surface area (Å²) in [5.41, 5.74) is 3.24. The minimum Gasteiger partial charge on any atom is -0.376 e. The molecule has 1 aromatic carbocycles. The molecule has 2 heterocycles. The minimum absolute atomic E-state index is 0.0752. The first-order valence-electron chi connectivity index (χ1n) is 9.87. The topological polar surface area (TPSA) is 58.0 Å². The summed E-state index contributed by atoms with van der Waals surface area (Å²) in [7, 11) is 0. The maximum atomic E-state index is 12.4. The first-order valence-corrected chi connectivity index (χ1v) is 10.3. The second-order valence-electron chi connectivity index (χ2n) is 7.53. The molecule has 1 atom stereocenters. The summed E-state index contributed by atoms with van der Waals surface area (Å²) in [5.74, 6) is 0.0752. The molecule has 3 N–H and O–H groups in total. The molecule has 2 saturated heterocycles. The zero-order valence-corrected chi connectivity index (χ0v) is 17.2. The van der Waals surface area contributed by atoms with Crippen molar-refractivity contribution in [1.82, 2.24) is 10.2 Å². The fraction of sp³-hybridized carbons (Fsp3) is 0.600. The molecule has 0 aliphatic carbocycles. The number of rotatable bonds is 5. The van der Waals surface area contributed by atoms with Crippen molar-refractivity contribution < 1.29 is 14.4 Å². The van der Waals surface area contributed by atoms with Crippen LogP contribution in [-0.2, 0) is 9.53 Å². The van der Waals surface area contributed by atoms with Crippen molar-refractivity contribution in [2.75, 3.05) is 51.2 Å². The van der Waals surface area contributed by atoms with Gasteiger partial charge in [0.05, 0.1) is 32.3 Å². The number of nitrogens with zero attached hydrogens (tertiary/aromatic N) is 1. The van der Waals surface area contributed by atoms with E-state index in [-0.39, 0.29) is 5.91 Å². The average molecular weight is 392 g/mol. The van der Waals surface area contributed by atoms with Gasteiger partial charge in [0.15, 0.2) is 11.7 Å². The number of ether oxygens (including phenoxy) is 1. The normalized spacial score (nSPS) is 20.5. The molecule has 0 radical (unpaired) electrons. The van der Waals surface area contributed by atoms with Crippen LogP contribution in [0.15, 0.2) is 18.2 Å². The van der Waals surface area contributed by atoms with Crippen LogP contribution in [0.3, 0.4) is 0 Å². The van der Waals surface area contributed by atoms with Crippen molar-refractivity contribution in [1.29, 1.82) is 0 Å². The number of piperazine rings is 1. The van der Waals surface area contributed by atoms with E-state index in [0.29, 0.717) is 12.6 Å². The second kappa shape index (κ2) is 9.48. The molecular formula is C20H31N4O2S+. The van der Waals surface area contributed by atoms with Crippen LogP contribution in [0.1, 0.15) is 24.0 Å². The van der Waals surface area contributed by atoms with Crippen molar-refractivity contribution in [3.05, 3.63) is 29.3 Å². The highest BCUT2D eigenvalue weighted by molar-refractivity contribution is 7.80. The smallest absolute Gasteiger partial charge is 0.279 e. The third-order valence-electron chi connectivity index (χ3n) is 5.55. The molecule has 148 valence electrons. The summed E-state index contributed by atoms with van der Waals surface area (Å²) in [6.45, 7) is 9.86. The predicted molar refractivity (Wildman–Crippen MR) is 111 cm³/mol. The number of amides is 1. The minimum atomic E-state index is 0.0752. The third kappa shape index (κ3) is 5.64. The van der Waals surface area contributed by atoms with E-state index in [1.54, 1.807) is 0 Å². The summed E-state index contributed by atoms with van der Waals surface area (Å²) in [5, 5.41) is 7.21. The first kappa shape index (κ1) is 20.0. The van der Waals surface area contributed by atoms with Crippen LogP contribution < -0.4 is 15.5 Å². The number of benzene rings is 1. The SMILES string of the molecule is Cc1cccc(NC(=O)C[NH+]2CCN(C(=S)NC[C@@H]3CCCO3)CC2)c1C. The van der Waals surface area contributed by atoms with Crippen LogP contribution in [0.4, 0.5) is 5.69 Å². The Balaban J connectivity index is 1.39. The number of aryl methyl sites for hydroxylation is 1. The molecule has 0 spiro atoms. The molecule has 1 aromatic rings. The molecule has 0 aromatic heterocycles. The van der Waals surface area contributed by atoms with E-state index in [4.69, 9.17) is 17.0 Å². The molecule has 2 aliphatic heterocycles. The average Bonchev–Trinajstić information content (AvgIpc) is 3.18. The largest absolute Gasteiger partial charge is 0.376 e. The standard InChI is InChI=1S/C20H30N4O2S/c1-15-5-3-7-18(16(15)2)22-19(25)14-23-8-10-24(11-9-23)20(27)21-13-17-6-4-12-26-17/h3,5,7,17H,4,6,8-14H2,1-2H3,(H,21,27)(H,22,25)/p+1/t17-/m0/s1. The molecule has 6 nitrogen and oxygen atoms in total. The number of quaternary nitrogens is 1. The molecule has 2 aliphatic rings. The van der Waals surface area contributed by atoms with Crippen LogP contribution in [0.2, 0.25) is 0 Å². The molecule has 27 heavy (non-hydrogen) atoms. The summed E-state index contributed by atoms with van der Waals surface area (Å²) < 4.78 is 5.63. The molecule has 3 rings (SSSR count). The van der Waals surface area contributed by atoms with E-state index < -0.39 is 0 Å². The Hall–Kier alpha value is -1.70. The van der Waals surface area contributed by atoms with E-state index in [9.17, 15) is 4.79 Å². The van der Waals surface area contributed by atoms with Gasteiger partial charge in [0.2, 0.25) is 0 Å². The van der Waals surface area contributed by atoms with E-state index in [1.807, 2.05) is 19.1 Å². The Labute approximate surface area is 167 Å².